The average Bonchev–Trinajstić information content (AvgIpc) is 3.20. The third-order valence-electron chi connectivity index (χ3n) is 9.11. The number of piperazine rings is 1. The Morgan fingerprint density at radius 3 is 2.44 bits per heavy atom. The van der Waals surface area contributed by atoms with E-state index in [0.717, 1.165) is 43.6 Å². The van der Waals surface area contributed by atoms with Crippen LogP contribution in [0.15, 0.2) is 18.2 Å². The Morgan fingerprint density at radius 2 is 1.78 bits per heavy atom. The normalized spacial score (nSPS) is 19.5. The van der Waals surface area contributed by atoms with E-state index in [4.69, 9.17) is 9.84 Å². The zero-order valence-electron chi connectivity index (χ0n) is 24.8. The second kappa shape index (κ2) is 11.6. The van der Waals surface area contributed by atoms with Gasteiger partial charge in [-0.1, -0.05) is 19.9 Å². The van der Waals surface area contributed by atoms with Crippen molar-refractivity contribution in [2.75, 3.05) is 53.0 Å². The Hall–Kier alpha value is -3.24. The minimum Gasteiger partial charge on any atom is -0.478 e. The molecular formula is C31H43N5O5. The highest BCUT2D eigenvalue weighted by Gasteiger charge is 2.40. The number of aromatic nitrogens is 2. The summed E-state index contributed by atoms with van der Waals surface area (Å²) in [6, 6.07) is 5.01. The average molecular weight is 566 g/mol. The number of aryl methyl sites for hydroxylation is 1. The van der Waals surface area contributed by atoms with Crippen LogP contribution in [0, 0.1) is 10.8 Å². The van der Waals surface area contributed by atoms with E-state index in [0.29, 0.717) is 69.1 Å². The molecule has 2 N–H and O–H groups in total. The molecule has 0 saturated carbocycles. The van der Waals surface area contributed by atoms with Crippen LogP contribution in [0.3, 0.4) is 0 Å². The maximum Gasteiger partial charge on any atom is 0.335 e. The van der Waals surface area contributed by atoms with Gasteiger partial charge in [-0.2, -0.15) is 5.10 Å². The van der Waals surface area contributed by atoms with Crippen molar-refractivity contribution in [2.45, 2.75) is 59.4 Å². The molecule has 2 saturated heterocycles. The molecule has 2 aromatic rings. The minimum atomic E-state index is -1.04. The number of aromatic carboxylic acids is 1. The van der Waals surface area contributed by atoms with Crippen LogP contribution in [0.4, 0.5) is 0 Å². The molecule has 10 heteroatoms. The summed E-state index contributed by atoms with van der Waals surface area (Å²) in [6.07, 6.45) is 3.48. The Kier molecular flexibility index (Phi) is 8.25. The van der Waals surface area contributed by atoms with E-state index >= 15 is 0 Å². The van der Waals surface area contributed by atoms with E-state index in [1.807, 2.05) is 23.6 Å². The van der Waals surface area contributed by atoms with E-state index in [-0.39, 0.29) is 22.8 Å². The summed E-state index contributed by atoms with van der Waals surface area (Å²) in [5, 5.41) is 18.2. The standard InChI is InChI=1S/C31H43N5O5/c1-5-36-26-24(18-31(20-32-27(26)37)9-15-41-16-10-31)25(33-36)19-30(2,3)17-23-21(7-6-8-22(23)29(39)40)28(38)35-13-11-34(4)12-14-35/h6-8H,5,9-20H2,1-4H3,(H,32,37)(H,39,40). The van der Waals surface area contributed by atoms with Gasteiger partial charge in [0.1, 0.15) is 5.69 Å². The molecule has 1 spiro atoms. The number of hydrogen-bond donors (Lipinski definition) is 2. The fourth-order valence-electron chi connectivity index (χ4n) is 6.66. The first-order valence-electron chi connectivity index (χ1n) is 14.8. The van der Waals surface area contributed by atoms with Crippen LogP contribution in [-0.4, -0.2) is 95.5 Å². The number of hydrogen-bond acceptors (Lipinski definition) is 6. The highest BCUT2D eigenvalue weighted by atomic mass is 16.5. The molecule has 10 nitrogen and oxygen atoms in total. The second-order valence-electron chi connectivity index (χ2n) is 12.8. The van der Waals surface area contributed by atoms with Gasteiger partial charge in [0.25, 0.3) is 11.8 Å². The van der Waals surface area contributed by atoms with Gasteiger partial charge in [0.2, 0.25) is 0 Å². The summed E-state index contributed by atoms with van der Waals surface area (Å²) in [5.74, 6) is -1.24. The maximum atomic E-state index is 13.7. The summed E-state index contributed by atoms with van der Waals surface area (Å²) in [6.45, 7) is 11.6. The molecule has 0 radical (unpaired) electrons. The summed E-state index contributed by atoms with van der Waals surface area (Å²) in [5.41, 5.74) is 3.21. The number of fused-ring (bicyclic) bond motifs is 1. The van der Waals surface area contributed by atoms with Gasteiger partial charge in [0.05, 0.1) is 11.3 Å². The number of carboxylic acids is 1. The van der Waals surface area contributed by atoms with Crippen LogP contribution >= 0.6 is 0 Å². The number of ether oxygens (including phenoxy) is 1. The van der Waals surface area contributed by atoms with Gasteiger partial charge in [-0.15, -0.1) is 0 Å². The lowest BCUT2D eigenvalue weighted by Crippen LogP contribution is -2.47. The Bertz CT molecular complexity index is 1320. The lowest BCUT2D eigenvalue weighted by atomic mass is 9.73. The number of amides is 2. The van der Waals surface area contributed by atoms with Crippen molar-refractivity contribution in [3.05, 3.63) is 51.8 Å². The third kappa shape index (κ3) is 6.04. The zero-order chi connectivity index (χ0) is 29.4. The molecule has 4 heterocycles. The number of rotatable bonds is 7. The van der Waals surface area contributed by atoms with Crippen molar-refractivity contribution < 1.29 is 24.2 Å². The molecule has 1 aromatic carbocycles. The minimum absolute atomic E-state index is 0.0579. The van der Waals surface area contributed by atoms with Crippen molar-refractivity contribution in [3.8, 4) is 0 Å². The molecule has 0 unspecified atom stereocenters. The van der Waals surface area contributed by atoms with E-state index in [2.05, 4.69) is 24.1 Å². The molecule has 0 aliphatic carbocycles. The first-order chi connectivity index (χ1) is 19.5. The van der Waals surface area contributed by atoms with Crippen molar-refractivity contribution in [1.82, 2.24) is 24.9 Å². The SMILES string of the molecule is CCn1nc(CC(C)(C)Cc2c(C(=O)O)cccc2C(=O)N2CCN(C)CC2)c2c1C(=O)NCC1(CCOCC1)C2. The van der Waals surface area contributed by atoms with Crippen LogP contribution < -0.4 is 5.32 Å². The van der Waals surface area contributed by atoms with Gasteiger partial charge in [0, 0.05) is 63.6 Å². The molecule has 0 bridgehead atoms. The molecule has 3 aliphatic heterocycles. The van der Waals surface area contributed by atoms with Crippen LogP contribution in [-0.2, 0) is 30.5 Å². The number of nitrogens with one attached hydrogen (secondary N) is 1. The van der Waals surface area contributed by atoms with E-state index in [1.54, 1.807) is 18.2 Å². The maximum absolute atomic E-state index is 13.7. The Morgan fingerprint density at radius 1 is 1.10 bits per heavy atom. The first-order valence-corrected chi connectivity index (χ1v) is 14.8. The van der Waals surface area contributed by atoms with Gasteiger partial charge >= 0.3 is 5.97 Å². The van der Waals surface area contributed by atoms with Crippen LogP contribution in [0.2, 0.25) is 0 Å². The van der Waals surface area contributed by atoms with E-state index < -0.39 is 11.4 Å². The smallest absolute Gasteiger partial charge is 0.335 e. The molecule has 2 amide bonds. The monoisotopic (exact) mass is 565 g/mol. The van der Waals surface area contributed by atoms with Crippen molar-refractivity contribution in [1.29, 1.82) is 0 Å². The molecule has 0 atom stereocenters. The second-order valence-corrected chi connectivity index (χ2v) is 12.8. The van der Waals surface area contributed by atoms with Crippen LogP contribution in [0.1, 0.15) is 81.6 Å². The molecule has 2 fully saturated rings. The van der Waals surface area contributed by atoms with E-state index in [1.165, 1.54) is 0 Å². The highest BCUT2D eigenvalue weighted by Crippen LogP contribution is 2.39. The largest absolute Gasteiger partial charge is 0.478 e. The number of benzene rings is 1. The molecule has 222 valence electrons. The van der Waals surface area contributed by atoms with Gasteiger partial charge in [0.15, 0.2) is 0 Å². The molecule has 1 aromatic heterocycles. The van der Waals surface area contributed by atoms with Gasteiger partial charge in [-0.25, -0.2) is 4.79 Å². The number of likely N-dealkylation sites (N-methyl/N-ethyl adjacent to an activating group) is 1. The fraction of sp³-hybridized carbons (Fsp3) is 0.613. The van der Waals surface area contributed by atoms with Gasteiger partial charge < -0.3 is 25.0 Å². The van der Waals surface area contributed by atoms with Crippen molar-refractivity contribution >= 4 is 17.8 Å². The lowest BCUT2D eigenvalue weighted by molar-refractivity contribution is 0.0160. The van der Waals surface area contributed by atoms with Crippen LogP contribution in [0.25, 0.3) is 0 Å². The predicted molar refractivity (Wildman–Crippen MR) is 154 cm³/mol. The van der Waals surface area contributed by atoms with Crippen LogP contribution in [0.5, 0.6) is 0 Å². The summed E-state index contributed by atoms with van der Waals surface area (Å²) in [7, 11) is 2.04. The summed E-state index contributed by atoms with van der Waals surface area (Å²) in [4.78, 5) is 43.3. The van der Waals surface area contributed by atoms with Crippen molar-refractivity contribution in [3.63, 3.8) is 0 Å². The summed E-state index contributed by atoms with van der Waals surface area (Å²) >= 11 is 0. The Balaban J connectivity index is 1.48. The molecule has 5 rings (SSSR count). The first kappa shape index (κ1) is 29.3. The van der Waals surface area contributed by atoms with Gasteiger partial charge in [-0.05, 0) is 74.6 Å². The van der Waals surface area contributed by atoms with Crippen molar-refractivity contribution in [2.24, 2.45) is 10.8 Å². The fourth-order valence-corrected chi connectivity index (χ4v) is 6.66. The highest BCUT2D eigenvalue weighted by molar-refractivity contribution is 6.00. The Labute approximate surface area is 242 Å². The van der Waals surface area contributed by atoms with E-state index in [9.17, 15) is 19.5 Å². The molecule has 3 aliphatic rings. The van der Waals surface area contributed by atoms with Gasteiger partial charge in [-0.3, -0.25) is 14.3 Å². The number of nitrogens with zero attached hydrogens (tertiary/aromatic N) is 4. The number of carbonyl (C=O) groups excluding carboxylic acids is 2. The predicted octanol–water partition coefficient (Wildman–Crippen LogP) is 2.88. The lowest BCUT2D eigenvalue weighted by Gasteiger charge is -2.36. The molecule has 41 heavy (non-hydrogen) atoms. The quantitative estimate of drug-likeness (QED) is 0.530. The third-order valence-corrected chi connectivity index (χ3v) is 9.11. The number of carbonyl (C=O) groups is 3. The topological polar surface area (TPSA) is 117 Å². The molecular weight excluding hydrogens is 522 g/mol. The summed E-state index contributed by atoms with van der Waals surface area (Å²) < 4.78 is 7.46. The zero-order valence-corrected chi connectivity index (χ0v) is 24.8. The number of carboxylic acid groups (broad SMARTS) is 1.